The van der Waals surface area contributed by atoms with Gasteiger partial charge >= 0.3 is 11.6 Å². The average Bonchev–Trinajstić information content (AvgIpc) is 2.04. The minimum atomic E-state index is -0.750. The molecule has 1 aromatic rings. The smallest absolute Gasteiger partial charge is 0.264 e. The van der Waals surface area contributed by atoms with E-state index < -0.39 is 11.6 Å². The molecule has 0 saturated heterocycles. The number of aryl methyl sites for hydroxylation is 1. The minimum Gasteiger partial charge on any atom is -0.264 e. The van der Waals surface area contributed by atoms with E-state index in [0.29, 0.717) is 0 Å². The second-order valence-electron chi connectivity index (χ2n) is 4.07. The Morgan fingerprint density at radius 3 is 2.00 bits per heavy atom. The van der Waals surface area contributed by atoms with Gasteiger partial charge < -0.3 is 0 Å². The second kappa shape index (κ2) is 5.65. The van der Waals surface area contributed by atoms with Gasteiger partial charge in [-0.05, 0) is 23.5 Å². The second-order valence-corrected chi connectivity index (χ2v) is 4.21. The highest BCUT2D eigenvalue weighted by atomic mass is 32.1. The monoisotopic (exact) mass is 213 g/mol. The SMILES string of the molecule is Cc1cncc(C(C)(C)C)c1.O=S=O. The first kappa shape index (κ1) is 13.0. The van der Waals surface area contributed by atoms with E-state index >= 15 is 0 Å². The van der Waals surface area contributed by atoms with Crippen LogP contribution in [-0.4, -0.2) is 13.4 Å². The summed E-state index contributed by atoms with van der Waals surface area (Å²) in [4.78, 5) is 4.15. The van der Waals surface area contributed by atoms with Gasteiger partial charge in [-0.1, -0.05) is 26.8 Å². The summed E-state index contributed by atoms with van der Waals surface area (Å²) < 4.78 is 16.6. The third kappa shape index (κ3) is 4.87. The Bertz CT molecular complexity index is 325. The predicted molar refractivity (Wildman–Crippen MR) is 56.6 cm³/mol. The van der Waals surface area contributed by atoms with Gasteiger partial charge in [-0.2, -0.15) is 8.42 Å². The van der Waals surface area contributed by atoms with Crippen LogP contribution in [0.25, 0.3) is 0 Å². The topological polar surface area (TPSA) is 47.0 Å². The molecule has 0 aliphatic rings. The van der Waals surface area contributed by atoms with Crippen molar-refractivity contribution in [1.82, 2.24) is 4.98 Å². The van der Waals surface area contributed by atoms with Gasteiger partial charge in [0.1, 0.15) is 0 Å². The van der Waals surface area contributed by atoms with Crippen molar-refractivity contribution in [3.8, 4) is 0 Å². The molecule has 0 aliphatic heterocycles. The summed E-state index contributed by atoms with van der Waals surface area (Å²) in [5.41, 5.74) is 2.76. The Morgan fingerprint density at radius 1 is 1.21 bits per heavy atom. The highest BCUT2D eigenvalue weighted by molar-refractivity contribution is 7.51. The van der Waals surface area contributed by atoms with Crippen LogP contribution in [0.15, 0.2) is 18.5 Å². The summed E-state index contributed by atoms with van der Waals surface area (Å²) in [6.45, 7) is 8.67. The van der Waals surface area contributed by atoms with Crippen LogP contribution < -0.4 is 0 Å². The van der Waals surface area contributed by atoms with Crippen LogP contribution in [0.4, 0.5) is 0 Å². The van der Waals surface area contributed by atoms with Crippen molar-refractivity contribution in [1.29, 1.82) is 0 Å². The lowest BCUT2D eigenvalue weighted by Crippen LogP contribution is -2.11. The highest BCUT2D eigenvalue weighted by Crippen LogP contribution is 2.21. The maximum Gasteiger partial charge on any atom is 0.335 e. The van der Waals surface area contributed by atoms with Gasteiger partial charge in [-0.3, -0.25) is 4.98 Å². The largest absolute Gasteiger partial charge is 0.335 e. The van der Waals surface area contributed by atoms with Crippen LogP contribution in [0, 0.1) is 6.92 Å². The molecule has 0 radical (unpaired) electrons. The Hall–Kier alpha value is -1.03. The number of nitrogens with zero attached hydrogens (tertiary/aromatic N) is 1. The fourth-order valence-corrected chi connectivity index (χ4v) is 0.965. The van der Waals surface area contributed by atoms with Crippen molar-refractivity contribution in [3.05, 3.63) is 29.6 Å². The fourth-order valence-electron chi connectivity index (χ4n) is 0.965. The van der Waals surface area contributed by atoms with Gasteiger partial charge in [-0.15, -0.1) is 0 Å². The molecule has 1 rings (SSSR count). The molecule has 0 amide bonds. The molecule has 0 unspecified atom stereocenters. The molecule has 0 aliphatic carbocycles. The Kier molecular flexibility index (Phi) is 5.23. The van der Waals surface area contributed by atoms with Gasteiger partial charge in [0.25, 0.3) is 0 Å². The number of rotatable bonds is 0. The quantitative estimate of drug-likeness (QED) is 0.662. The number of aromatic nitrogens is 1. The maximum absolute atomic E-state index is 8.29. The van der Waals surface area contributed by atoms with Crippen LogP contribution in [0.2, 0.25) is 0 Å². The van der Waals surface area contributed by atoms with Crippen molar-refractivity contribution in [2.75, 3.05) is 0 Å². The van der Waals surface area contributed by atoms with Crippen molar-refractivity contribution in [3.63, 3.8) is 0 Å². The van der Waals surface area contributed by atoms with Crippen LogP contribution in [0.1, 0.15) is 31.9 Å². The van der Waals surface area contributed by atoms with Gasteiger partial charge in [0.05, 0.1) is 0 Å². The lowest BCUT2D eigenvalue weighted by molar-refractivity contribution is 0.587. The molecular weight excluding hydrogens is 198 g/mol. The Balaban J connectivity index is 0.000000500. The molecule has 1 aromatic heterocycles. The van der Waals surface area contributed by atoms with Gasteiger partial charge in [0.15, 0.2) is 0 Å². The van der Waals surface area contributed by atoms with E-state index in [2.05, 4.69) is 38.7 Å². The summed E-state index contributed by atoms with van der Waals surface area (Å²) >= 11 is -0.750. The lowest BCUT2D eigenvalue weighted by atomic mass is 9.88. The molecule has 0 N–H and O–H groups in total. The molecule has 14 heavy (non-hydrogen) atoms. The summed E-state index contributed by atoms with van der Waals surface area (Å²) in [5.74, 6) is 0. The predicted octanol–water partition coefficient (Wildman–Crippen LogP) is 2.02. The molecule has 0 saturated carbocycles. The Morgan fingerprint density at radius 2 is 1.71 bits per heavy atom. The third-order valence-corrected chi connectivity index (χ3v) is 1.74. The van der Waals surface area contributed by atoms with E-state index in [1.807, 2.05) is 12.4 Å². The van der Waals surface area contributed by atoms with Crippen molar-refractivity contribution in [2.24, 2.45) is 0 Å². The normalized spacial score (nSPS) is 10.0. The zero-order valence-electron chi connectivity index (χ0n) is 8.90. The zero-order valence-corrected chi connectivity index (χ0v) is 9.72. The molecule has 78 valence electrons. The van der Waals surface area contributed by atoms with Crippen LogP contribution in [0.5, 0.6) is 0 Å². The van der Waals surface area contributed by atoms with E-state index in [0.717, 1.165) is 0 Å². The van der Waals surface area contributed by atoms with Gasteiger partial charge in [0, 0.05) is 12.4 Å². The zero-order chi connectivity index (χ0) is 11.2. The number of hydrogen-bond acceptors (Lipinski definition) is 3. The number of pyridine rings is 1. The maximum atomic E-state index is 8.29. The molecule has 0 bridgehead atoms. The van der Waals surface area contributed by atoms with Crippen LogP contribution in [0.3, 0.4) is 0 Å². The van der Waals surface area contributed by atoms with E-state index in [9.17, 15) is 0 Å². The molecular formula is C10H15NO2S. The van der Waals surface area contributed by atoms with Crippen molar-refractivity contribution in [2.45, 2.75) is 33.1 Å². The van der Waals surface area contributed by atoms with E-state index in [1.165, 1.54) is 11.1 Å². The third-order valence-electron chi connectivity index (χ3n) is 1.74. The molecule has 0 spiro atoms. The van der Waals surface area contributed by atoms with E-state index in [-0.39, 0.29) is 5.41 Å². The molecule has 0 fully saturated rings. The molecule has 0 aromatic carbocycles. The first-order valence-electron chi connectivity index (χ1n) is 4.25. The fraction of sp³-hybridized carbons (Fsp3) is 0.500. The lowest BCUT2D eigenvalue weighted by Gasteiger charge is -2.18. The molecule has 0 atom stereocenters. The summed E-state index contributed by atoms with van der Waals surface area (Å²) in [6.07, 6.45) is 3.82. The summed E-state index contributed by atoms with van der Waals surface area (Å²) in [6, 6.07) is 2.19. The van der Waals surface area contributed by atoms with E-state index in [4.69, 9.17) is 8.42 Å². The van der Waals surface area contributed by atoms with Crippen LogP contribution in [-0.2, 0) is 17.0 Å². The summed E-state index contributed by atoms with van der Waals surface area (Å²) in [5, 5.41) is 0. The average molecular weight is 213 g/mol. The van der Waals surface area contributed by atoms with Crippen molar-refractivity contribution < 1.29 is 8.42 Å². The molecule has 3 nitrogen and oxygen atoms in total. The standard InChI is InChI=1S/C10H15N.O2S/c1-8-5-9(7-11-6-8)10(2,3)4;1-3-2/h5-7H,1-4H3;. The number of hydrogen-bond donors (Lipinski definition) is 0. The van der Waals surface area contributed by atoms with E-state index in [1.54, 1.807) is 0 Å². The minimum absolute atomic E-state index is 0.221. The first-order valence-corrected chi connectivity index (χ1v) is 4.92. The van der Waals surface area contributed by atoms with Crippen LogP contribution >= 0.6 is 0 Å². The highest BCUT2D eigenvalue weighted by Gasteiger charge is 2.13. The summed E-state index contributed by atoms with van der Waals surface area (Å²) in [7, 11) is 0. The first-order chi connectivity index (χ1) is 6.41. The molecule has 1 heterocycles. The van der Waals surface area contributed by atoms with Gasteiger partial charge in [0.2, 0.25) is 0 Å². The molecule has 4 heteroatoms. The van der Waals surface area contributed by atoms with Crippen molar-refractivity contribution >= 4 is 11.6 Å². The van der Waals surface area contributed by atoms with Gasteiger partial charge in [-0.25, -0.2) is 0 Å². The Labute approximate surface area is 88.2 Å².